The van der Waals surface area contributed by atoms with Crippen LogP contribution in [0, 0.1) is 18.8 Å². The fraction of sp³-hybridized carbons (Fsp3) is 0.769. The Morgan fingerprint density at radius 2 is 2.38 bits per heavy atom. The Morgan fingerprint density at radius 3 is 3.00 bits per heavy atom. The number of hydrogen-bond donors (Lipinski definition) is 1. The minimum absolute atomic E-state index is 0.801. The molecule has 2 aliphatic rings. The lowest BCUT2D eigenvalue weighted by Gasteiger charge is -2.22. The predicted octanol–water partition coefficient (Wildman–Crippen LogP) is 1.97. The van der Waals surface area contributed by atoms with Crippen molar-refractivity contribution < 1.29 is 0 Å². The lowest BCUT2D eigenvalue weighted by molar-refractivity contribution is 0.344. The molecule has 1 aromatic heterocycles. The fourth-order valence-corrected chi connectivity index (χ4v) is 3.45. The van der Waals surface area contributed by atoms with Crippen LogP contribution in [0.4, 0.5) is 0 Å². The number of nitrogens with zero attached hydrogens (tertiary/aromatic N) is 2. The molecule has 0 saturated heterocycles. The van der Waals surface area contributed by atoms with E-state index >= 15 is 0 Å². The van der Waals surface area contributed by atoms with Gasteiger partial charge in [0.25, 0.3) is 0 Å². The Bertz CT molecular complexity index is 358. The van der Waals surface area contributed by atoms with Crippen LogP contribution in [0.5, 0.6) is 0 Å². The molecular weight excluding hydrogens is 198 g/mol. The van der Waals surface area contributed by atoms with Crippen LogP contribution in [-0.2, 0) is 6.54 Å². The van der Waals surface area contributed by atoms with E-state index in [2.05, 4.69) is 23.5 Å². The number of hydrogen-bond acceptors (Lipinski definition) is 2. The summed E-state index contributed by atoms with van der Waals surface area (Å²) in [6, 6.07) is 0.801. The molecular formula is C13H21N3. The fourth-order valence-electron chi connectivity index (χ4n) is 3.45. The Balaban J connectivity index is 1.44. The van der Waals surface area contributed by atoms with Gasteiger partial charge < -0.3 is 5.32 Å². The maximum absolute atomic E-state index is 4.30. The topological polar surface area (TPSA) is 29.9 Å². The third kappa shape index (κ3) is 2.01. The van der Waals surface area contributed by atoms with Gasteiger partial charge >= 0.3 is 0 Å². The van der Waals surface area contributed by atoms with E-state index in [1.54, 1.807) is 0 Å². The van der Waals surface area contributed by atoms with E-state index < -0.39 is 0 Å². The highest BCUT2D eigenvalue weighted by molar-refractivity contribution is 4.99. The number of rotatable bonds is 4. The van der Waals surface area contributed by atoms with Crippen LogP contribution >= 0.6 is 0 Å². The standard InChI is InChI=1S/C13H21N3/c1-10-8-15-16(9-10)5-4-14-13-7-11-2-3-12(13)6-11/h8-9,11-14H,2-7H2,1H3. The SMILES string of the molecule is Cc1cnn(CCNC2CC3CCC2C3)c1. The molecule has 3 heteroatoms. The molecule has 2 aliphatic carbocycles. The molecule has 2 fully saturated rings. The van der Waals surface area contributed by atoms with Crippen molar-refractivity contribution in [2.75, 3.05) is 6.54 Å². The second-order valence-electron chi connectivity index (χ2n) is 5.52. The number of aryl methyl sites for hydroxylation is 1. The molecule has 1 aromatic rings. The summed E-state index contributed by atoms with van der Waals surface area (Å²) < 4.78 is 2.04. The summed E-state index contributed by atoms with van der Waals surface area (Å²) in [7, 11) is 0. The third-order valence-corrected chi connectivity index (χ3v) is 4.25. The van der Waals surface area contributed by atoms with Gasteiger partial charge in [-0.15, -0.1) is 0 Å². The minimum Gasteiger partial charge on any atom is -0.312 e. The molecule has 3 atom stereocenters. The summed E-state index contributed by atoms with van der Waals surface area (Å²) in [5.74, 6) is 2.01. The lowest BCUT2D eigenvalue weighted by Crippen LogP contribution is -2.36. The molecule has 0 amide bonds. The molecule has 16 heavy (non-hydrogen) atoms. The van der Waals surface area contributed by atoms with Gasteiger partial charge in [-0.25, -0.2) is 0 Å². The van der Waals surface area contributed by atoms with E-state index in [9.17, 15) is 0 Å². The summed E-state index contributed by atoms with van der Waals surface area (Å²) in [5.41, 5.74) is 1.25. The van der Waals surface area contributed by atoms with Crippen molar-refractivity contribution in [1.29, 1.82) is 0 Å². The first kappa shape index (κ1) is 10.3. The van der Waals surface area contributed by atoms with E-state index in [1.165, 1.54) is 31.2 Å². The van der Waals surface area contributed by atoms with Gasteiger partial charge in [-0.05, 0) is 43.6 Å². The van der Waals surface area contributed by atoms with Crippen molar-refractivity contribution >= 4 is 0 Å². The number of fused-ring (bicyclic) bond motifs is 2. The van der Waals surface area contributed by atoms with Gasteiger partial charge in [0.05, 0.1) is 12.7 Å². The first-order valence-corrected chi connectivity index (χ1v) is 6.54. The molecule has 1 N–H and O–H groups in total. The highest BCUT2D eigenvalue weighted by Crippen LogP contribution is 2.44. The first-order valence-electron chi connectivity index (χ1n) is 6.54. The molecule has 0 aromatic carbocycles. The van der Waals surface area contributed by atoms with Crippen LogP contribution in [0.2, 0.25) is 0 Å². The molecule has 0 spiro atoms. The second kappa shape index (κ2) is 4.21. The van der Waals surface area contributed by atoms with Gasteiger partial charge in [-0.2, -0.15) is 5.10 Å². The van der Waals surface area contributed by atoms with Crippen LogP contribution in [-0.4, -0.2) is 22.4 Å². The van der Waals surface area contributed by atoms with E-state index in [4.69, 9.17) is 0 Å². The van der Waals surface area contributed by atoms with Crippen LogP contribution in [0.15, 0.2) is 12.4 Å². The maximum Gasteiger partial charge on any atom is 0.0534 e. The quantitative estimate of drug-likeness (QED) is 0.839. The van der Waals surface area contributed by atoms with Crippen LogP contribution in [0.25, 0.3) is 0 Å². The van der Waals surface area contributed by atoms with Gasteiger partial charge in [-0.1, -0.05) is 6.42 Å². The molecule has 2 saturated carbocycles. The van der Waals surface area contributed by atoms with E-state index in [1.807, 2.05) is 10.9 Å². The monoisotopic (exact) mass is 219 g/mol. The van der Waals surface area contributed by atoms with Crippen LogP contribution in [0.1, 0.15) is 31.2 Å². The van der Waals surface area contributed by atoms with E-state index in [0.29, 0.717) is 0 Å². The average Bonchev–Trinajstić information content (AvgIpc) is 2.94. The summed E-state index contributed by atoms with van der Waals surface area (Å²) in [4.78, 5) is 0. The van der Waals surface area contributed by atoms with Crippen molar-refractivity contribution in [2.24, 2.45) is 11.8 Å². The van der Waals surface area contributed by atoms with Gasteiger partial charge in [0.1, 0.15) is 0 Å². The third-order valence-electron chi connectivity index (χ3n) is 4.25. The predicted molar refractivity (Wildman–Crippen MR) is 64.2 cm³/mol. The Morgan fingerprint density at radius 1 is 1.44 bits per heavy atom. The lowest BCUT2D eigenvalue weighted by atomic mass is 9.95. The summed E-state index contributed by atoms with van der Waals surface area (Å²) in [6.45, 7) is 4.16. The van der Waals surface area contributed by atoms with Gasteiger partial charge in [0.15, 0.2) is 0 Å². The van der Waals surface area contributed by atoms with Gasteiger partial charge in [0, 0.05) is 18.8 Å². The van der Waals surface area contributed by atoms with Crippen molar-refractivity contribution in [1.82, 2.24) is 15.1 Å². The zero-order valence-corrected chi connectivity index (χ0v) is 10.0. The molecule has 0 aliphatic heterocycles. The highest BCUT2D eigenvalue weighted by atomic mass is 15.3. The van der Waals surface area contributed by atoms with Crippen molar-refractivity contribution in [3.63, 3.8) is 0 Å². The molecule has 88 valence electrons. The zero-order chi connectivity index (χ0) is 11.0. The largest absolute Gasteiger partial charge is 0.312 e. The zero-order valence-electron chi connectivity index (χ0n) is 10.0. The van der Waals surface area contributed by atoms with Gasteiger partial charge in [0.2, 0.25) is 0 Å². The summed E-state index contributed by atoms with van der Waals surface area (Å²) >= 11 is 0. The van der Waals surface area contributed by atoms with Crippen LogP contribution in [0.3, 0.4) is 0 Å². The molecule has 2 bridgehead atoms. The maximum atomic E-state index is 4.30. The Labute approximate surface area is 97.2 Å². The average molecular weight is 219 g/mol. The molecule has 1 heterocycles. The van der Waals surface area contributed by atoms with Crippen molar-refractivity contribution in [3.05, 3.63) is 18.0 Å². The number of aromatic nitrogens is 2. The molecule has 3 rings (SSSR count). The summed E-state index contributed by atoms with van der Waals surface area (Å²) in [6.07, 6.45) is 9.89. The normalized spacial score (nSPS) is 32.4. The highest BCUT2D eigenvalue weighted by Gasteiger charge is 2.38. The molecule has 0 radical (unpaired) electrons. The van der Waals surface area contributed by atoms with Crippen molar-refractivity contribution in [2.45, 2.75) is 45.2 Å². The number of nitrogens with one attached hydrogen (secondary N) is 1. The summed E-state index contributed by atoms with van der Waals surface area (Å²) in [5, 5.41) is 8.01. The Kier molecular flexibility index (Phi) is 2.72. The molecule has 3 unspecified atom stereocenters. The second-order valence-corrected chi connectivity index (χ2v) is 5.52. The minimum atomic E-state index is 0.801. The smallest absolute Gasteiger partial charge is 0.0534 e. The van der Waals surface area contributed by atoms with E-state index in [-0.39, 0.29) is 0 Å². The van der Waals surface area contributed by atoms with E-state index in [0.717, 1.165) is 31.0 Å². The molecule has 3 nitrogen and oxygen atoms in total. The van der Waals surface area contributed by atoms with Crippen molar-refractivity contribution in [3.8, 4) is 0 Å². The van der Waals surface area contributed by atoms with Gasteiger partial charge in [-0.3, -0.25) is 4.68 Å². The Hall–Kier alpha value is -0.830. The first-order chi connectivity index (χ1) is 7.81. The van der Waals surface area contributed by atoms with Crippen LogP contribution < -0.4 is 5.32 Å².